The van der Waals surface area contributed by atoms with Gasteiger partial charge in [0.15, 0.2) is 0 Å². The lowest BCUT2D eigenvalue weighted by molar-refractivity contribution is -0.144. The van der Waals surface area contributed by atoms with E-state index in [1.54, 1.807) is 43.0 Å². The number of hydrogen-bond acceptors (Lipinski definition) is 6. The van der Waals surface area contributed by atoms with Gasteiger partial charge in [-0.05, 0) is 32.5 Å². The van der Waals surface area contributed by atoms with Crippen molar-refractivity contribution in [3.63, 3.8) is 0 Å². The van der Waals surface area contributed by atoms with Crippen LogP contribution in [0.15, 0.2) is 29.1 Å². The molecule has 0 saturated carbocycles. The Balaban J connectivity index is 1.81. The number of H-pyrrole nitrogens is 1. The zero-order chi connectivity index (χ0) is 19.7. The van der Waals surface area contributed by atoms with Gasteiger partial charge < -0.3 is 4.98 Å². The van der Waals surface area contributed by atoms with Crippen LogP contribution in [-0.2, 0) is 16.1 Å². The first-order valence-corrected chi connectivity index (χ1v) is 8.72. The number of nitrogens with one attached hydrogen (secondary N) is 1. The summed E-state index contributed by atoms with van der Waals surface area (Å²) in [6, 6.07) is 5.97. The third-order valence-electron chi connectivity index (χ3n) is 4.42. The van der Waals surface area contributed by atoms with Crippen molar-refractivity contribution in [3.8, 4) is 0 Å². The van der Waals surface area contributed by atoms with Gasteiger partial charge in [0.25, 0.3) is 5.56 Å². The van der Waals surface area contributed by atoms with Crippen molar-refractivity contribution in [1.29, 1.82) is 0 Å². The van der Waals surface area contributed by atoms with Crippen LogP contribution >= 0.6 is 0 Å². The second-order valence-electron chi connectivity index (χ2n) is 6.60. The second kappa shape index (κ2) is 7.28. The van der Waals surface area contributed by atoms with Crippen LogP contribution in [0, 0.1) is 0 Å². The first kappa shape index (κ1) is 18.7. The number of para-hydroxylation sites is 1. The van der Waals surface area contributed by atoms with Gasteiger partial charge in [0.2, 0.25) is 0 Å². The monoisotopic (exact) mass is 371 g/mol. The predicted octanol–water partition coefficient (Wildman–Crippen LogP) is 0.902. The maximum absolute atomic E-state index is 12.4. The molecule has 1 N–H and O–H groups in total. The zero-order valence-corrected chi connectivity index (χ0v) is 15.4. The largest absolute Gasteiger partial charge is 0.335 e. The SMILES string of the molecule is CCN(Cc1nc2ccccc2c(=O)[nH]1)CN1C(=O)C(=O)N(C(C)C)C1=O. The first-order valence-electron chi connectivity index (χ1n) is 8.72. The molecule has 1 fully saturated rings. The fourth-order valence-corrected chi connectivity index (χ4v) is 2.99. The van der Waals surface area contributed by atoms with E-state index < -0.39 is 23.9 Å². The van der Waals surface area contributed by atoms with Crippen LogP contribution in [0.25, 0.3) is 10.9 Å². The quantitative estimate of drug-likeness (QED) is 0.597. The third kappa shape index (κ3) is 3.45. The number of amides is 4. The van der Waals surface area contributed by atoms with E-state index in [-0.39, 0.29) is 18.8 Å². The van der Waals surface area contributed by atoms with Gasteiger partial charge in [-0.25, -0.2) is 14.7 Å². The maximum atomic E-state index is 12.4. The number of nitrogens with zero attached hydrogens (tertiary/aromatic N) is 4. The summed E-state index contributed by atoms with van der Waals surface area (Å²) >= 11 is 0. The molecule has 4 amide bonds. The minimum Gasteiger partial charge on any atom is -0.309 e. The van der Waals surface area contributed by atoms with Crippen LogP contribution in [0.1, 0.15) is 26.6 Å². The molecule has 1 aromatic carbocycles. The van der Waals surface area contributed by atoms with Crippen molar-refractivity contribution in [1.82, 2.24) is 24.7 Å². The molecule has 0 bridgehead atoms. The molecule has 1 saturated heterocycles. The molecule has 1 aliphatic rings. The fourth-order valence-electron chi connectivity index (χ4n) is 2.99. The van der Waals surface area contributed by atoms with Crippen LogP contribution in [-0.4, -0.2) is 61.8 Å². The average molecular weight is 371 g/mol. The molecule has 1 aromatic heterocycles. The van der Waals surface area contributed by atoms with E-state index in [0.717, 1.165) is 9.80 Å². The lowest BCUT2D eigenvalue weighted by Crippen LogP contribution is -2.43. The Kier molecular flexibility index (Phi) is 5.04. The minimum absolute atomic E-state index is 0.0559. The normalized spacial score (nSPS) is 15.1. The number of rotatable bonds is 6. The number of aromatic amines is 1. The molecule has 2 aromatic rings. The zero-order valence-electron chi connectivity index (χ0n) is 15.4. The fraction of sp³-hybridized carbons (Fsp3) is 0.389. The number of fused-ring (bicyclic) bond motifs is 1. The van der Waals surface area contributed by atoms with Crippen molar-refractivity contribution >= 4 is 28.7 Å². The molecule has 0 aliphatic carbocycles. The predicted molar refractivity (Wildman–Crippen MR) is 97.5 cm³/mol. The summed E-state index contributed by atoms with van der Waals surface area (Å²) in [7, 11) is 0. The van der Waals surface area contributed by atoms with Gasteiger partial charge >= 0.3 is 17.8 Å². The van der Waals surface area contributed by atoms with Gasteiger partial charge in [0.05, 0.1) is 24.1 Å². The van der Waals surface area contributed by atoms with E-state index in [1.807, 2.05) is 6.92 Å². The van der Waals surface area contributed by atoms with E-state index in [4.69, 9.17) is 0 Å². The summed E-state index contributed by atoms with van der Waals surface area (Å²) in [5, 5.41) is 0.493. The van der Waals surface area contributed by atoms with Crippen LogP contribution in [0.4, 0.5) is 4.79 Å². The Morgan fingerprint density at radius 2 is 1.81 bits per heavy atom. The average Bonchev–Trinajstić information content (AvgIpc) is 2.84. The molecule has 3 rings (SSSR count). The van der Waals surface area contributed by atoms with Crippen molar-refractivity contribution in [3.05, 3.63) is 40.4 Å². The Morgan fingerprint density at radius 3 is 2.44 bits per heavy atom. The van der Waals surface area contributed by atoms with E-state index in [2.05, 4.69) is 9.97 Å². The van der Waals surface area contributed by atoms with E-state index in [1.165, 1.54) is 0 Å². The van der Waals surface area contributed by atoms with Crippen LogP contribution < -0.4 is 5.56 Å². The Hall–Kier alpha value is -3.07. The Labute approximate surface area is 155 Å². The number of urea groups is 1. The van der Waals surface area contributed by atoms with Crippen LogP contribution in [0.5, 0.6) is 0 Å². The second-order valence-corrected chi connectivity index (χ2v) is 6.60. The molecule has 0 atom stereocenters. The smallest absolute Gasteiger partial charge is 0.309 e. The van der Waals surface area contributed by atoms with E-state index in [0.29, 0.717) is 23.3 Å². The first-order chi connectivity index (χ1) is 12.8. The van der Waals surface area contributed by atoms with Gasteiger partial charge in [0, 0.05) is 6.04 Å². The summed E-state index contributed by atoms with van der Waals surface area (Å²) in [4.78, 5) is 59.6. The molecule has 0 spiro atoms. The molecule has 9 nitrogen and oxygen atoms in total. The summed E-state index contributed by atoms with van der Waals surface area (Å²) < 4.78 is 0. The van der Waals surface area contributed by atoms with Gasteiger partial charge in [0.1, 0.15) is 5.82 Å². The number of aromatic nitrogens is 2. The van der Waals surface area contributed by atoms with E-state index in [9.17, 15) is 19.2 Å². The summed E-state index contributed by atoms with van der Waals surface area (Å²) in [5.41, 5.74) is 0.322. The standard InChI is InChI=1S/C18H21N5O4/c1-4-21(10-22-16(25)17(26)23(11(2)3)18(22)27)9-14-19-13-8-6-5-7-12(13)15(24)20-14/h5-8,11H,4,9-10H2,1-3H3,(H,19,20,24). The van der Waals surface area contributed by atoms with E-state index >= 15 is 0 Å². The number of carbonyl (C=O) groups is 3. The Bertz CT molecular complexity index is 968. The third-order valence-corrected chi connectivity index (χ3v) is 4.42. The lowest BCUT2D eigenvalue weighted by Gasteiger charge is -2.25. The molecular weight excluding hydrogens is 350 g/mol. The van der Waals surface area contributed by atoms with Crippen molar-refractivity contribution in [2.75, 3.05) is 13.2 Å². The molecule has 9 heteroatoms. The van der Waals surface area contributed by atoms with Crippen LogP contribution in [0.2, 0.25) is 0 Å². The van der Waals surface area contributed by atoms with Gasteiger partial charge in [-0.3, -0.25) is 24.2 Å². The van der Waals surface area contributed by atoms with Crippen LogP contribution in [0.3, 0.4) is 0 Å². The summed E-state index contributed by atoms with van der Waals surface area (Å²) in [6.07, 6.45) is 0. The van der Waals surface area contributed by atoms with Crippen molar-refractivity contribution < 1.29 is 14.4 Å². The summed E-state index contributed by atoms with van der Waals surface area (Å²) in [6.45, 7) is 5.86. The highest BCUT2D eigenvalue weighted by Crippen LogP contribution is 2.16. The topological polar surface area (TPSA) is 107 Å². The molecule has 2 heterocycles. The number of benzene rings is 1. The number of hydrogen-bond donors (Lipinski definition) is 1. The molecule has 1 aliphatic heterocycles. The van der Waals surface area contributed by atoms with Gasteiger partial charge in [-0.15, -0.1) is 0 Å². The number of imide groups is 2. The van der Waals surface area contributed by atoms with Gasteiger partial charge in [-0.2, -0.15) is 0 Å². The highest BCUT2D eigenvalue weighted by molar-refractivity contribution is 6.44. The molecule has 0 radical (unpaired) electrons. The number of carbonyl (C=O) groups excluding carboxylic acids is 3. The maximum Gasteiger partial charge on any atom is 0.335 e. The molecule has 0 unspecified atom stereocenters. The Morgan fingerprint density at radius 1 is 1.11 bits per heavy atom. The molecule has 142 valence electrons. The van der Waals surface area contributed by atoms with Gasteiger partial charge in [-0.1, -0.05) is 19.1 Å². The minimum atomic E-state index is -0.841. The highest BCUT2D eigenvalue weighted by atomic mass is 16.2. The highest BCUT2D eigenvalue weighted by Gasteiger charge is 2.46. The van der Waals surface area contributed by atoms with Crippen molar-refractivity contribution in [2.24, 2.45) is 0 Å². The summed E-state index contributed by atoms with van der Waals surface area (Å²) in [5.74, 6) is -1.23. The van der Waals surface area contributed by atoms with Crippen molar-refractivity contribution in [2.45, 2.75) is 33.4 Å². The lowest BCUT2D eigenvalue weighted by atomic mass is 10.2. The molecule has 27 heavy (non-hydrogen) atoms. The molecular formula is C18H21N5O4.